The van der Waals surface area contributed by atoms with Gasteiger partial charge in [-0.3, -0.25) is 4.79 Å². The molecule has 0 radical (unpaired) electrons. The maximum absolute atomic E-state index is 13.5. The van der Waals surface area contributed by atoms with Crippen LogP contribution in [0.4, 0.5) is 10.5 Å². The minimum Gasteiger partial charge on any atom is -0.478 e. The van der Waals surface area contributed by atoms with E-state index in [2.05, 4.69) is 10.6 Å². The number of anilines is 1. The number of halogens is 1. The highest BCUT2D eigenvalue weighted by molar-refractivity contribution is 6.34. The molecule has 2 amide bonds. The number of hydrogen-bond donors (Lipinski definition) is 3. The van der Waals surface area contributed by atoms with E-state index in [9.17, 15) is 19.5 Å². The highest BCUT2D eigenvalue weighted by Gasteiger charge is 2.32. The molecular weight excluding hydrogens is 556 g/mol. The summed E-state index contributed by atoms with van der Waals surface area (Å²) in [6, 6.07) is 28.2. The maximum Gasteiger partial charge on any atom is 0.407 e. The summed E-state index contributed by atoms with van der Waals surface area (Å²) in [5.74, 6) is -1.97. The van der Waals surface area contributed by atoms with Crippen LogP contribution in [0.2, 0.25) is 5.02 Å². The zero-order chi connectivity index (χ0) is 29.6. The predicted molar refractivity (Wildman–Crippen MR) is 160 cm³/mol. The Morgan fingerprint density at radius 2 is 1.50 bits per heavy atom. The smallest absolute Gasteiger partial charge is 0.407 e. The van der Waals surface area contributed by atoms with Crippen molar-refractivity contribution in [3.8, 4) is 11.1 Å². The molecule has 4 aromatic carbocycles. The zero-order valence-corrected chi connectivity index (χ0v) is 23.5. The van der Waals surface area contributed by atoms with Gasteiger partial charge in [-0.1, -0.05) is 90.5 Å². The van der Waals surface area contributed by atoms with Crippen LogP contribution in [0.15, 0.2) is 97.1 Å². The van der Waals surface area contributed by atoms with Crippen molar-refractivity contribution >= 4 is 35.3 Å². The van der Waals surface area contributed by atoms with Gasteiger partial charge < -0.3 is 25.2 Å². The Bertz CT molecular complexity index is 1560. The first-order valence-electron chi connectivity index (χ1n) is 13.4. The zero-order valence-electron chi connectivity index (χ0n) is 22.8. The first-order chi connectivity index (χ1) is 20.3. The van der Waals surface area contributed by atoms with E-state index >= 15 is 0 Å². The number of benzene rings is 4. The molecule has 9 heteroatoms. The van der Waals surface area contributed by atoms with Crippen molar-refractivity contribution in [1.82, 2.24) is 5.32 Å². The normalized spacial score (nSPS) is 13.4. The molecule has 0 bridgehead atoms. The van der Waals surface area contributed by atoms with Crippen LogP contribution in [-0.2, 0) is 20.9 Å². The first-order valence-corrected chi connectivity index (χ1v) is 13.8. The Labute approximate surface area is 248 Å². The Morgan fingerprint density at radius 3 is 2.14 bits per heavy atom. The number of carboxylic acid groups (broad SMARTS) is 1. The van der Waals surface area contributed by atoms with Gasteiger partial charge in [0.2, 0.25) is 5.91 Å². The summed E-state index contributed by atoms with van der Waals surface area (Å²) in [5, 5.41) is 14.8. The lowest BCUT2D eigenvalue weighted by Gasteiger charge is -2.25. The van der Waals surface area contributed by atoms with E-state index in [1.807, 2.05) is 78.9 Å². The van der Waals surface area contributed by atoms with Crippen LogP contribution in [-0.4, -0.2) is 41.8 Å². The molecule has 0 aliphatic heterocycles. The molecule has 42 heavy (non-hydrogen) atoms. The van der Waals surface area contributed by atoms with Crippen LogP contribution in [0.1, 0.15) is 39.9 Å². The fourth-order valence-electron chi connectivity index (χ4n) is 5.03. The lowest BCUT2D eigenvalue weighted by atomic mass is 9.98. The Kier molecular flexibility index (Phi) is 8.85. The van der Waals surface area contributed by atoms with Gasteiger partial charge in [-0.15, -0.1) is 0 Å². The minimum atomic E-state index is -1.19. The number of ether oxygens (including phenoxy) is 2. The molecule has 1 aliphatic carbocycles. The summed E-state index contributed by atoms with van der Waals surface area (Å²) < 4.78 is 11.6. The van der Waals surface area contributed by atoms with E-state index in [0.717, 1.165) is 27.8 Å². The van der Waals surface area contributed by atoms with Gasteiger partial charge in [0, 0.05) is 5.92 Å². The Morgan fingerprint density at radius 1 is 0.881 bits per heavy atom. The lowest BCUT2D eigenvalue weighted by Crippen LogP contribution is -2.51. The second-order valence-electron chi connectivity index (χ2n) is 9.94. The SMILES string of the molecule is CC(OCc1ccccc1)C(NC(=O)OCC1c2ccccc2-c2ccccc21)C(=O)Nc1cc(C(=O)O)ccc1Cl. The molecule has 2 unspecified atom stereocenters. The average Bonchev–Trinajstić information content (AvgIpc) is 3.32. The van der Waals surface area contributed by atoms with Crippen LogP contribution >= 0.6 is 11.6 Å². The van der Waals surface area contributed by atoms with Gasteiger partial charge in [-0.05, 0) is 52.9 Å². The molecule has 0 saturated heterocycles. The number of nitrogens with one attached hydrogen (secondary N) is 2. The number of carbonyl (C=O) groups excluding carboxylic acids is 2. The van der Waals surface area contributed by atoms with Crippen LogP contribution in [0, 0.1) is 0 Å². The van der Waals surface area contributed by atoms with Gasteiger partial charge in [0.05, 0.1) is 29.0 Å². The number of amides is 2. The van der Waals surface area contributed by atoms with Crippen molar-refractivity contribution in [3.05, 3.63) is 124 Å². The highest BCUT2D eigenvalue weighted by Crippen LogP contribution is 2.44. The molecule has 0 aromatic heterocycles. The molecule has 3 N–H and O–H groups in total. The molecule has 1 aliphatic rings. The van der Waals surface area contributed by atoms with Crippen LogP contribution < -0.4 is 10.6 Å². The number of aromatic carboxylic acids is 1. The van der Waals surface area contributed by atoms with E-state index < -0.39 is 30.1 Å². The third-order valence-electron chi connectivity index (χ3n) is 7.20. The van der Waals surface area contributed by atoms with Gasteiger partial charge in [-0.2, -0.15) is 0 Å². The van der Waals surface area contributed by atoms with Gasteiger partial charge in [0.1, 0.15) is 12.6 Å². The molecule has 4 aromatic rings. The molecule has 0 heterocycles. The molecule has 2 atom stereocenters. The number of rotatable bonds is 10. The first kappa shape index (κ1) is 28.9. The standard InChI is InChI=1S/C33H29ClN2O6/c1-20(41-18-21-9-3-2-4-10-21)30(31(37)35-29-17-22(32(38)39)15-16-28(29)34)36-33(40)42-19-27-25-13-7-5-11-23(25)24-12-6-8-14-26(24)27/h2-17,20,27,30H,18-19H2,1H3,(H,35,37)(H,36,40)(H,38,39). The van der Waals surface area contributed by atoms with Crippen LogP contribution in [0.25, 0.3) is 11.1 Å². The molecule has 5 rings (SSSR count). The third kappa shape index (κ3) is 6.46. The fourth-order valence-corrected chi connectivity index (χ4v) is 5.19. The van der Waals surface area contributed by atoms with Gasteiger partial charge >= 0.3 is 12.1 Å². The maximum atomic E-state index is 13.5. The summed E-state index contributed by atoms with van der Waals surface area (Å²) in [6.45, 7) is 1.93. The van der Waals surface area contributed by atoms with Crippen molar-refractivity contribution in [2.45, 2.75) is 31.6 Å². The summed E-state index contributed by atoms with van der Waals surface area (Å²) in [5.41, 5.74) is 5.26. The van der Waals surface area contributed by atoms with E-state index in [4.69, 9.17) is 21.1 Å². The van der Waals surface area contributed by atoms with Crippen molar-refractivity contribution in [3.63, 3.8) is 0 Å². The Balaban J connectivity index is 1.31. The lowest BCUT2D eigenvalue weighted by molar-refractivity contribution is -0.121. The number of carbonyl (C=O) groups is 3. The Hall–Kier alpha value is -4.66. The van der Waals surface area contributed by atoms with Gasteiger partial charge in [0.15, 0.2) is 0 Å². The summed E-state index contributed by atoms with van der Waals surface area (Å²) in [4.78, 5) is 38.0. The summed E-state index contributed by atoms with van der Waals surface area (Å²) in [7, 11) is 0. The minimum absolute atomic E-state index is 0.0517. The number of alkyl carbamates (subject to hydrolysis) is 1. The highest BCUT2D eigenvalue weighted by atomic mass is 35.5. The summed E-state index contributed by atoms with van der Waals surface area (Å²) >= 11 is 6.23. The fraction of sp³-hybridized carbons (Fsp3) is 0.182. The quantitative estimate of drug-likeness (QED) is 0.196. The monoisotopic (exact) mass is 584 g/mol. The van der Waals surface area contributed by atoms with E-state index in [1.165, 1.54) is 18.2 Å². The second kappa shape index (κ2) is 12.9. The predicted octanol–water partition coefficient (Wildman–Crippen LogP) is 6.49. The summed E-state index contributed by atoms with van der Waals surface area (Å²) in [6.07, 6.45) is -1.58. The molecule has 0 spiro atoms. The number of hydrogen-bond acceptors (Lipinski definition) is 5. The van der Waals surface area contributed by atoms with E-state index in [0.29, 0.717) is 0 Å². The molecular formula is C33H29ClN2O6. The van der Waals surface area contributed by atoms with Crippen molar-refractivity contribution in [2.75, 3.05) is 11.9 Å². The van der Waals surface area contributed by atoms with E-state index in [-0.39, 0.29) is 35.4 Å². The molecule has 0 fully saturated rings. The molecule has 214 valence electrons. The van der Waals surface area contributed by atoms with Crippen LogP contribution in [0.3, 0.4) is 0 Å². The number of carboxylic acids is 1. The van der Waals surface area contributed by atoms with Crippen LogP contribution in [0.5, 0.6) is 0 Å². The van der Waals surface area contributed by atoms with Crippen molar-refractivity contribution in [1.29, 1.82) is 0 Å². The topological polar surface area (TPSA) is 114 Å². The van der Waals surface area contributed by atoms with Gasteiger partial charge in [-0.25, -0.2) is 9.59 Å². The van der Waals surface area contributed by atoms with E-state index in [1.54, 1.807) is 6.92 Å². The van der Waals surface area contributed by atoms with Gasteiger partial charge in [0.25, 0.3) is 0 Å². The largest absolute Gasteiger partial charge is 0.478 e. The molecule has 0 saturated carbocycles. The number of fused-ring (bicyclic) bond motifs is 3. The van der Waals surface area contributed by atoms with Crippen molar-refractivity contribution in [2.24, 2.45) is 0 Å². The average molecular weight is 585 g/mol. The van der Waals surface area contributed by atoms with Crippen molar-refractivity contribution < 1.29 is 29.0 Å². The second-order valence-corrected chi connectivity index (χ2v) is 10.3. The third-order valence-corrected chi connectivity index (χ3v) is 7.53. The molecule has 8 nitrogen and oxygen atoms in total.